The Hall–Kier alpha value is -1.58. The van der Waals surface area contributed by atoms with E-state index in [4.69, 9.17) is 0 Å². The van der Waals surface area contributed by atoms with Gasteiger partial charge in [-0.25, -0.2) is 0 Å². The number of fused-ring (bicyclic) bond motifs is 1. The first-order valence-electron chi connectivity index (χ1n) is 4.66. The third-order valence-corrected chi connectivity index (χ3v) is 2.37. The van der Waals surface area contributed by atoms with Gasteiger partial charge in [0.05, 0.1) is 17.1 Å². The predicted molar refractivity (Wildman–Crippen MR) is 55.5 cm³/mol. The lowest BCUT2D eigenvalue weighted by Crippen LogP contribution is -2.23. The van der Waals surface area contributed by atoms with Gasteiger partial charge in [-0.15, -0.1) is 0 Å². The molecule has 1 N–H and O–H groups in total. The second kappa shape index (κ2) is 2.97. The molecular weight excluding hydrogens is 178 g/mol. The van der Waals surface area contributed by atoms with Crippen LogP contribution in [0.25, 0.3) is 10.9 Å². The summed E-state index contributed by atoms with van der Waals surface area (Å²) in [6, 6.07) is 2.13. The lowest BCUT2D eigenvalue weighted by Gasteiger charge is -2.13. The molecule has 0 aliphatic carbocycles. The smallest absolute Gasteiger partial charge is 0.262 e. The van der Waals surface area contributed by atoms with Gasteiger partial charge in [-0.2, -0.15) is 5.10 Å². The zero-order valence-electron chi connectivity index (χ0n) is 8.53. The van der Waals surface area contributed by atoms with Crippen molar-refractivity contribution in [2.24, 2.45) is 0 Å². The number of H-pyrrole nitrogens is 1. The number of pyridine rings is 1. The first-order chi connectivity index (χ1) is 6.61. The fourth-order valence-electron chi connectivity index (χ4n) is 1.79. The Morgan fingerprint density at radius 3 is 2.86 bits per heavy atom. The summed E-state index contributed by atoms with van der Waals surface area (Å²) in [5.74, 6) is 0. The van der Waals surface area contributed by atoms with Gasteiger partial charge in [-0.3, -0.25) is 9.89 Å². The van der Waals surface area contributed by atoms with Crippen LogP contribution in [0.15, 0.2) is 17.1 Å². The Labute approximate surface area is 81.6 Å². The second-order valence-corrected chi connectivity index (χ2v) is 3.75. The Morgan fingerprint density at radius 1 is 1.50 bits per heavy atom. The normalized spacial score (nSPS) is 11.4. The van der Waals surface area contributed by atoms with Gasteiger partial charge in [0.15, 0.2) is 0 Å². The van der Waals surface area contributed by atoms with Crippen molar-refractivity contribution in [1.29, 1.82) is 0 Å². The fourth-order valence-corrected chi connectivity index (χ4v) is 1.79. The minimum Gasteiger partial charge on any atom is -0.310 e. The van der Waals surface area contributed by atoms with Crippen molar-refractivity contribution in [2.75, 3.05) is 0 Å². The fraction of sp³-hybridized carbons (Fsp3) is 0.400. The summed E-state index contributed by atoms with van der Waals surface area (Å²) in [4.78, 5) is 12.0. The largest absolute Gasteiger partial charge is 0.310 e. The van der Waals surface area contributed by atoms with Crippen molar-refractivity contribution in [1.82, 2.24) is 14.8 Å². The lowest BCUT2D eigenvalue weighted by atomic mass is 10.2. The molecule has 0 amide bonds. The van der Waals surface area contributed by atoms with Crippen LogP contribution < -0.4 is 5.56 Å². The highest BCUT2D eigenvalue weighted by molar-refractivity contribution is 5.77. The third-order valence-electron chi connectivity index (χ3n) is 2.37. The van der Waals surface area contributed by atoms with Gasteiger partial charge in [-0.1, -0.05) is 0 Å². The van der Waals surface area contributed by atoms with Crippen LogP contribution in [0.5, 0.6) is 0 Å². The highest BCUT2D eigenvalue weighted by atomic mass is 16.1. The highest BCUT2D eigenvalue weighted by Gasteiger charge is 2.09. The Balaban J connectivity index is 2.90. The van der Waals surface area contributed by atoms with E-state index in [0.717, 1.165) is 11.2 Å². The van der Waals surface area contributed by atoms with Crippen LogP contribution in [-0.4, -0.2) is 14.8 Å². The topological polar surface area (TPSA) is 50.7 Å². The zero-order valence-corrected chi connectivity index (χ0v) is 8.53. The molecule has 4 heteroatoms. The second-order valence-electron chi connectivity index (χ2n) is 3.75. The van der Waals surface area contributed by atoms with E-state index in [9.17, 15) is 4.79 Å². The van der Waals surface area contributed by atoms with E-state index < -0.39 is 0 Å². The van der Waals surface area contributed by atoms with E-state index in [-0.39, 0.29) is 11.6 Å². The average Bonchev–Trinajstić information content (AvgIpc) is 2.50. The Kier molecular flexibility index (Phi) is 1.91. The van der Waals surface area contributed by atoms with Crippen molar-refractivity contribution in [3.05, 3.63) is 28.3 Å². The van der Waals surface area contributed by atoms with Crippen molar-refractivity contribution in [3.8, 4) is 0 Å². The quantitative estimate of drug-likeness (QED) is 0.744. The summed E-state index contributed by atoms with van der Waals surface area (Å²) in [5, 5.41) is 7.33. The molecule has 0 aromatic carbocycles. The molecule has 0 atom stereocenters. The number of hydrogen-bond donors (Lipinski definition) is 1. The van der Waals surface area contributed by atoms with Crippen LogP contribution in [0, 0.1) is 6.92 Å². The Morgan fingerprint density at radius 2 is 2.21 bits per heavy atom. The van der Waals surface area contributed by atoms with Crippen LogP contribution in [-0.2, 0) is 0 Å². The van der Waals surface area contributed by atoms with Gasteiger partial charge in [0.1, 0.15) is 0 Å². The highest BCUT2D eigenvalue weighted by Crippen LogP contribution is 2.11. The van der Waals surface area contributed by atoms with E-state index in [1.54, 1.807) is 10.8 Å². The lowest BCUT2D eigenvalue weighted by molar-refractivity contribution is 0.567. The summed E-state index contributed by atoms with van der Waals surface area (Å²) in [7, 11) is 0. The number of aryl methyl sites for hydroxylation is 1. The molecule has 2 rings (SSSR count). The van der Waals surface area contributed by atoms with E-state index in [1.807, 2.05) is 26.8 Å². The first-order valence-corrected chi connectivity index (χ1v) is 4.66. The molecule has 0 saturated carbocycles. The van der Waals surface area contributed by atoms with Gasteiger partial charge in [0.2, 0.25) is 0 Å². The molecule has 0 saturated heterocycles. The molecule has 0 aliphatic rings. The Bertz CT molecular complexity index is 522. The van der Waals surface area contributed by atoms with Crippen LogP contribution in [0.4, 0.5) is 0 Å². The van der Waals surface area contributed by atoms with Crippen molar-refractivity contribution in [2.45, 2.75) is 26.8 Å². The van der Waals surface area contributed by atoms with Gasteiger partial charge in [-0.05, 0) is 26.8 Å². The molecule has 74 valence electrons. The molecule has 0 spiro atoms. The van der Waals surface area contributed by atoms with E-state index >= 15 is 0 Å². The van der Waals surface area contributed by atoms with Crippen LogP contribution >= 0.6 is 0 Å². The first kappa shape index (κ1) is 8.99. The number of aromatic amines is 1. The SMILES string of the molecule is Cc1cc2[nH]ncc2c(=O)n1C(C)C. The summed E-state index contributed by atoms with van der Waals surface area (Å²) in [6.45, 7) is 5.93. The summed E-state index contributed by atoms with van der Waals surface area (Å²) in [5.41, 5.74) is 1.80. The molecule has 0 bridgehead atoms. The molecule has 0 fully saturated rings. The van der Waals surface area contributed by atoms with Crippen molar-refractivity contribution >= 4 is 10.9 Å². The number of nitrogens with one attached hydrogen (secondary N) is 1. The van der Waals surface area contributed by atoms with E-state index in [0.29, 0.717) is 5.39 Å². The number of aromatic nitrogens is 3. The maximum absolute atomic E-state index is 12.0. The van der Waals surface area contributed by atoms with Crippen molar-refractivity contribution < 1.29 is 0 Å². The number of nitrogens with zero attached hydrogens (tertiary/aromatic N) is 2. The molecule has 0 radical (unpaired) electrons. The molecule has 2 heterocycles. The minimum absolute atomic E-state index is 0.0313. The molecule has 2 aromatic heterocycles. The summed E-state index contributed by atoms with van der Waals surface area (Å²) in [6.07, 6.45) is 1.58. The molecular formula is C10H13N3O. The van der Waals surface area contributed by atoms with Crippen LogP contribution in [0.3, 0.4) is 0 Å². The molecule has 0 aliphatic heterocycles. The van der Waals surface area contributed by atoms with Gasteiger partial charge >= 0.3 is 0 Å². The van der Waals surface area contributed by atoms with E-state index in [2.05, 4.69) is 10.2 Å². The maximum Gasteiger partial charge on any atom is 0.262 e. The minimum atomic E-state index is 0.0313. The summed E-state index contributed by atoms with van der Waals surface area (Å²) < 4.78 is 1.78. The molecule has 2 aromatic rings. The predicted octanol–water partition coefficient (Wildman–Crippen LogP) is 1.61. The van der Waals surface area contributed by atoms with Gasteiger partial charge < -0.3 is 4.57 Å². The number of rotatable bonds is 1. The molecule has 0 unspecified atom stereocenters. The average molecular weight is 191 g/mol. The van der Waals surface area contributed by atoms with Crippen LogP contribution in [0.1, 0.15) is 25.6 Å². The van der Waals surface area contributed by atoms with E-state index in [1.165, 1.54) is 0 Å². The monoisotopic (exact) mass is 191 g/mol. The molecule has 14 heavy (non-hydrogen) atoms. The molecule has 4 nitrogen and oxygen atoms in total. The zero-order chi connectivity index (χ0) is 10.3. The van der Waals surface area contributed by atoms with Crippen molar-refractivity contribution in [3.63, 3.8) is 0 Å². The van der Waals surface area contributed by atoms with Crippen LogP contribution in [0.2, 0.25) is 0 Å². The van der Waals surface area contributed by atoms with Gasteiger partial charge in [0.25, 0.3) is 5.56 Å². The third kappa shape index (κ3) is 1.14. The van der Waals surface area contributed by atoms with Gasteiger partial charge in [0, 0.05) is 11.7 Å². The standard InChI is InChI=1S/C10H13N3O/c1-6(2)13-7(3)4-9-8(10(13)14)5-11-12-9/h4-6H,1-3H3,(H,11,12). The maximum atomic E-state index is 12.0. The summed E-state index contributed by atoms with van der Waals surface area (Å²) >= 11 is 0. The number of hydrogen-bond acceptors (Lipinski definition) is 2.